The zero-order valence-electron chi connectivity index (χ0n) is 20.3. The fourth-order valence-electron chi connectivity index (χ4n) is 7.48. The van der Waals surface area contributed by atoms with Crippen LogP contribution < -0.4 is 10.6 Å². The van der Waals surface area contributed by atoms with E-state index in [-0.39, 0.29) is 17.9 Å². The first-order valence-corrected chi connectivity index (χ1v) is 12.5. The van der Waals surface area contributed by atoms with Crippen LogP contribution in [-0.4, -0.2) is 88.1 Å². The molecule has 198 valence electrons. The van der Waals surface area contributed by atoms with Gasteiger partial charge < -0.3 is 40.5 Å². The zero-order valence-corrected chi connectivity index (χ0v) is 20.3. The largest absolute Gasteiger partial charge is 0.477 e. The van der Waals surface area contributed by atoms with E-state index in [1.165, 1.54) is 26.2 Å². The van der Waals surface area contributed by atoms with Gasteiger partial charge in [0.1, 0.15) is 12.2 Å². The van der Waals surface area contributed by atoms with Gasteiger partial charge in [-0.2, -0.15) is 0 Å². The third kappa shape index (κ3) is 5.34. The lowest BCUT2D eigenvalue weighted by atomic mass is 9.49. The summed E-state index contributed by atoms with van der Waals surface area (Å²) in [6.45, 7) is 0.912. The van der Waals surface area contributed by atoms with E-state index >= 15 is 0 Å². The Balaban J connectivity index is 1.38. The molecule has 4 bridgehead atoms. The second-order valence-corrected chi connectivity index (χ2v) is 11.3. The molecule has 0 aromatic heterocycles. The van der Waals surface area contributed by atoms with Gasteiger partial charge in [-0.25, -0.2) is 4.79 Å². The first kappa shape index (κ1) is 26.3. The summed E-state index contributed by atoms with van der Waals surface area (Å²) < 4.78 is 10.5. The number of aliphatic carboxylic acids is 1. The number of hydrogen-bond acceptors (Lipinski definition) is 8. The maximum atomic E-state index is 12.8. The number of amides is 2. The van der Waals surface area contributed by atoms with Crippen molar-refractivity contribution in [3.63, 3.8) is 0 Å². The van der Waals surface area contributed by atoms with Gasteiger partial charge in [-0.1, -0.05) is 0 Å². The van der Waals surface area contributed by atoms with Crippen LogP contribution >= 0.6 is 0 Å². The molecule has 6 atom stereocenters. The average molecular weight is 499 g/mol. The predicted molar refractivity (Wildman–Crippen MR) is 121 cm³/mol. The lowest BCUT2D eigenvalue weighted by molar-refractivity contribution is -0.303. The Bertz CT molecular complexity index is 801. The molecule has 0 aromatic carbocycles. The van der Waals surface area contributed by atoms with Crippen LogP contribution in [0.15, 0.2) is 0 Å². The fourth-order valence-corrected chi connectivity index (χ4v) is 7.48. The number of methoxy groups -OCH3 is 1. The summed E-state index contributed by atoms with van der Waals surface area (Å²) in [4.78, 5) is 36.2. The molecule has 0 aromatic rings. The predicted octanol–water partition coefficient (Wildman–Crippen LogP) is -0.487. The lowest BCUT2D eigenvalue weighted by Gasteiger charge is -2.56. The highest BCUT2D eigenvalue weighted by atomic mass is 16.7. The van der Waals surface area contributed by atoms with Gasteiger partial charge in [-0.3, -0.25) is 9.59 Å². The summed E-state index contributed by atoms with van der Waals surface area (Å²) in [6, 6.07) is -1.19. The first-order valence-electron chi connectivity index (χ1n) is 12.5. The molecule has 1 heterocycles. The first-order chi connectivity index (χ1) is 16.5. The number of carbonyl (C=O) groups excluding carboxylic acids is 2. The third-order valence-electron chi connectivity index (χ3n) is 8.54. The van der Waals surface area contributed by atoms with Crippen LogP contribution in [0.3, 0.4) is 0 Å². The number of rotatable bonds is 9. The second kappa shape index (κ2) is 9.93. The third-order valence-corrected chi connectivity index (χ3v) is 8.54. The van der Waals surface area contributed by atoms with Gasteiger partial charge in [-0.15, -0.1) is 0 Å². The van der Waals surface area contributed by atoms with Crippen LogP contribution in [0.1, 0.15) is 58.3 Å². The van der Waals surface area contributed by atoms with Gasteiger partial charge in [0.2, 0.25) is 11.8 Å². The van der Waals surface area contributed by atoms with Crippen LogP contribution in [-0.2, 0) is 23.9 Å². The highest BCUT2D eigenvalue weighted by Gasteiger charge is 2.55. The number of carboxylic acid groups (broad SMARTS) is 1. The molecule has 0 radical (unpaired) electrons. The number of nitrogens with one attached hydrogen (secondary N) is 2. The van der Waals surface area contributed by atoms with Crippen molar-refractivity contribution >= 4 is 17.8 Å². The van der Waals surface area contributed by atoms with Crippen molar-refractivity contribution < 1.29 is 44.3 Å². The maximum Gasteiger partial charge on any atom is 0.364 e. The second-order valence-electron chi connectivity index (χ2n) is 11.3. The van der Waals surface area contributed by atoms with Gasteiger partial charge in [-0.05, 0) is 61.7 Å². The van der Waals surface area contributed by atoms with Gasteiger partial charge in [0.25, 0.3) is 5.79 Å². The average Bonchev–Trinajstić information content (AvgIpc) is 2.76. The minimum Gasteiger partial charge on any atom is -0.477 e. The molecule has 35 heavy (non-hydrogen) atoms. The molecule has 11 heteroatoms. The number of aliphatic hydroxyl groups excluding tert-OH is 3. The van der Waals surface area contributed by atoms with Crippen molar-refractivity contribution in [2.24, 2.45) is 23.2 Å². The Hall–Kier alpha value is -1.79. The summed E-state index contributed by atoms with van der Waals surface area (Å²) in [5, 5.41) is 46.7. The van der Waals surface area contributed by atoms with Crippen molar-refractivity contribution in [1.82, 2.24) is 10.6 Å². The SMILES string of the molecule is COC1(C(=O)O)C[C@H](O)[C@@H](NC(C)=O)[C@H]([C@H](O)[C@H](O)CNC(=O)CC23CC4CC(CC(C4)C2)C3)O1. The van der Waals surface area contributed by atoms with Crippen LogP contribution in [0, 0.1) is 23.2 Å². The molecule has 0 spiro atoms. The molecule has 11 nitrogen and oxygen atoms in total. The molecule has 5 fully saturated rings. The summed E-state index contributed by atoms with van der Waals surface area (Å²) in [6.07, 6.45) is 0.711. The normalized spacial score (nSPS) is 41.7. The van der Waals surface area contributed by atoms with Crippen LogP contribution in [0.25, 0.3) is 0 Å². The monoisotopic (exact) mass is 498 g/mol. The van der Waals surface area contributed by atoms with E-state index in [9.17, 15) is 34.8 Å². The molecular formula is C24H38N2O9. The van der Waals surface area contributed by atoms with E-state index in [0.717, 1.165) is 26.4 Å². The number of carboxylic acids is 1. The molecule has 5 aliphatic rings. The van der Waals surface area contributed by atoms with E-state index in [1.807, 2.05) is 0 Å². The number of ether oxygens (including phenoxy) is 2. The van der Waals surface area contributed by atoms with Crippen LogP contribution in [0.2, 0.25) is 0 Å². The van der Waals surface area contributed by atoms with Crippen molar-refractivity contribution in [2.75, 3.05) is 13.7 Å². The van der Waals surface area contributed by atoms with Gasteiger partial charge in [0.15, 0.2) is 0 Å². The van der Waals surface area contributed by atoms with E-state index in [4.69, 9.17) is 9.47 Å². The highest BCUT2D eigenvalue weighted by Crippen LogP contribution is 2.61. The van der Waals surface area contributed by atoms with E-state index in [0.29, 0.717) is 24.2 Å². The zero-order chi connectivity index (χ0) is 25.5. The molecule has 2 amide bonds. The summed E-state index contributed by atoms with van der Waals surface area (Å²) in [7, 11) is 1.09. The van der Waals surface area contributed by atoms with Gasteiger partial charge in [0, 0.05) is 33.4 Å². The van der Waals surface area contributed by atoms with E-state index in [2.05, 4.69) is 10.6 Å². The minimum atomic E-state index is -2.26. The van der Waals surface area contributed by atoms with Crippen molar-refractivity contribution in [2.45, 2.75) is 94.5 Å². The Morgan fingerprint density at radius 2 is 1.63 bits per heavy atom. The molecule has 4 aliphatic carbocycles. The number of hydrogen-bond donors (Lipinski definition) is 6. The molecule has 1 saturated heterocycles. The smallest absolute Gasteiger partial charge is 0.364 e. The summed E-state index contributed by atoms with van der Waals surface area (Å²) in [5.74, 6) is -2.39. The Labute approximate surface area is 204 Å². The molecule has 4 saturated carbocycles. The van der Waals surface area contributed by atoms with E-state index in [1.54, 1.807) is 0 Å². The molecule has 5 rings (SSSR count). The Morgan fingerprint density at radius 1 is 1.06 bits per heavy atom. The highest BCUT2D eigenvalue weighted by molar-refractivity contribution is 5.77. The lowest BCUT2D eigenvalue weighted by Crippen LogP contribution is -2.68. The molecule has 1 aliphatic heterocycles. The standard InChI is InChI=1S/C24H38N2O9/c1-12(27)26-19-16(28)9-24(34-2,22(32)33)35-21(19)20(31)17(29)11-25-18(30)10-23-6-13-3-14(7-23)5-15(4-13)8-23/h13-17,19-21,28-29,31H,3-11H2,1-2H3,(H,25,30)(H,26,27)(H,32,33)/t13?,14?,15?,16-,17+,19+,20+,21+,23?,24?/m0/s1. The molecule has 1 unspecified atom stereocenters. The quantitative estimate of drug-likeness (QED) is 0.245. The topological polar surface area (TPSA) is 175 Å². The van der Waals surface area contributed by atoms with Crippen LogP contribution in [0.5, 0.6) is 0 Å². The molecular weight excluding hydrogens is 460 g/mol. The number of aliphatic hydroxyl groups is 3. The number of carbonyl (C=O) groups is 3. The Kier molecular flexibility index (Phi) is 7.46. The van der Waals surface area contributed by atoms with Crippen molar-refractivity contribution in [3.05, 3.63) is 0 Å². The van der Waals surface area contributed by atoms with Gasteiger partial charge in [0.05, 0.1) is 18.2 Å². The fraction of sp³-hybridized carbons (Fsp3) is 0.875. The van der Waals surface area contributed by atoms with Crippen molar-refractivity contribution in [3.8, 4) is 0 Å². The molecule has 6 N–H and O–H groups in total. The summed E-state index contributed by atoms with van der Waals surface area (Å²) >= 11 is 0. The summed E-state index contributed by atoms with van der Waals surface area (Å²) in [5.41, 5.74) is 0.0229. The minimum absolute atomic E-state index is 0.0229. The maximum absolute atomic E-state index is 12.8. The van der Waals surface area contributed by atoms with Gasteiger partial charge >= 0.3 is 5.97 Å². The van der Waals surface area contributed by atoms with Crippen LogP contribution in [0.4, 0.5) is 0 Å². The van der Waals surface area contributed by atoms with E-state index < -0.39 is 54.5 Å². The van der Waals surface area contributed by atoms with Crippen molar-refractivity contribution in [1.29, 1.82) is 0 Å². The Morgan fingerprint density at radius 3 is 2.11 bits per heavy atom.